The number of H-pyrrole nitrogens is 1. The van der Waals surface area contributed by atoms with Crippen LogP contribution in [0.15, 0.2) is 67.1 Å². The van der Waals surface area contributed by atoms with Crippen LogP contribution >= 0.6 is 0 Å². The fourth-order valence-electron chi connectivity index (χ4n) is 6.80. The molecule has 1 aromatic heterocycles. The van der Waals surface area contributed by atoms with Gasteiger partial charge in [-0.3, -0.25) is 28.8 Å². The number of carboxylic acids is 1. The number of carbonyl (C=O) groups is 7. The van der Waals surface area contributed by atoms with Crippen molar-refractivity contribution in [3.8, 4) is 5.75 Å². The van der Waals surface area contributed by atoms with Gasteiger partial charge in [0.25, 0.3) is 0 Å². The average Bonchev–Trinajstić information content (AvgIpc) is 3.95. The number of nitrogens with one attached hydrogen (secondary N) is 6. The number of rotatable bonds is 22. The number of phenols is 1. The van der Waals surface area contributed by atoms with Crippen LogP contribution in [-0.4, -0.2) is 139 Å². The minimum Gasteiger partial charge on any atom is -0.508 e. The maximum Gasteiger partial charge on any atom is 0.326 e. The number of hydrogen-bond acceptors (Lipinski definition) is 12. The number of amides is 6. The Morgan fingerprint density at radius 2 is 1.33 bits per heavy atom. The van der Waals surface area contributed by atoms with Crippen molar-refractivity contribution in [2.75, 3.05) is 19.8 Å². The lowest BCUT2D eigenvalue weighted by Crippen LogP contribution is -2.60. The molecule has 0 saturated carbocycles. The van der Waals surface area contributed by atoms with Gasteiger partial charge < -0.3 is 62.6 Å². The fraction of sp³-hybridized carbons (Fsp3) is 0.463. The number of carbonyl (C=O) groups excluding carboxylic acids is 6. The Labute approximate surface area is 352 Å². The zero-order chi connectivity index (χ0) is 44.6. The highest BCUT2D eigenvalue weighted by Crippen LogP contribution is 2.21. The predicted molar refractivity (Wildman–Crippen MR) is 218 cm³/mol. The summed E-state index contributed by atoms with van der Waals surface area (Å²) in [4.78, 5) is 101. The number of aliphatic hydroxyl groups is 2. The zero-order valence-electron chi connectivity index (χ0n) is 34.0. The molecule has 1 aliphatic rings. The molecule has 0 aliphatic carbocycles. The first-order valence-electron chi connectivity index (χ1n) is 19.9. The molecule has 6 amide bonds. The quantitative estimate of drug-likeness (QED) is 0.0522. The van der Waals surface area contributed by atoms with Crippen LogP contribution in [0.2, 0.25) is 0 Å². The molecule has 20 nitrogen and oxygen atoms in total. The van der Waals surface area contributed by atoms with Crippen molar-refractivity contribution in [1.82, 2.24) is 41.5 Å². The number of nitrogens with two attached hydrogens (primary N) is 1. The second kappa shape index (κ2) is 22.8. The van der Waals surface area contributed by atoms with E-state index in [1.54, 1.807) is 24.3 Å². The molecule has 0 spiro atoms. The number of carboxylic acid groups (broad SMARTS) is 1. The van der Waals surface area contributed by atoms with E-state index < -0.39 is 96.9 Å². The van der Waals surface area contributed by atoms with E-state index in [0.29, 0.717) is 17.7 Å². The maximum atomic E-state index is 14.2. The number of aromatic amines is 1. The zero-order valence-corrected chi connectivity index (χ0v) is 34.0. The molecule has 1 aliphatic heterocycles. The summed E-state index contributed by atoms with van der Waals surface area (Å²) in [6, 6.07) is 5.54. The third kappa shape index (κ3) is 14.1. The molecule has 20 heteroatoms. The second-order valence-corrected chi connectivity index (χ2v) is 15.3. The number of likely N-dealkylation sites (tertiary alicyclic amines) is 1. The van der Waals surface area contributed by atoms with Gasteiger partial charge in [-0.2, -0.15) is 0 Å². The Morgan fingerprint density at radius 1 is 0.754 bits per heavy atom. The molecule has 1 saturated heterocycles. The number of aromatic nitrogens is 2. The van der Waals surface area contributed by atoms with Crippen molar-refractivity contribution >= 4 is 41.4 Å². The molecule has 3 aromatic rings. The third-order valence-electron chi connectivity index (χ3n) is 10.0. The largest absolute Gasteiger partial charge is 0.508 e. The molecule has 0 unspecified atom stereocenters. The molecule has 0 radical (unpaired) electrons. The van der Waals surface area contributed by atoms with Crippen LogP contribution in [0, 0.1) is 5.92 Å². The molecule has 12 N–H and O–H groups in total. The van der Waals surface area contributed by atoms with Crippen molar-refractivity contribution in [3.05, 3.63) is 83.9 Å². The average molecular weight is 850 g/mol. The van der Waals surface area contributed by atoms with Crippen LogP contribution in [0.1, 0.15) is 49.9 Å². The molecule has 2 aromatic carbocycles. The van der Waals surface area contributed by atoms with E-state index in [2.05, 4.69) is 36.6 Å². The smallest absolute Gasteiger partial charge is 0.326 e. The molecule has 4 rings (SSSR count). The summed E-state index contributed by atoms with van der Waals surface area (Å²) < 4.78 is 0. The maximum absolute atomic E-state index is 14.2. The second-order valence-electron chi connectivity index (χ2n) is 15.3. The van der Waals surface area contributed by atoms with E-state index >= 15 is 0 Å². The summed E-state index contributed by atoms with van der Waals surface area (Å²) in [5.41, 5.74) is 7.80. The van der Waals surface area contributed by atoms with Crippen molar-refractivity contribution in [1.29, 1.82) is 0 Å². The Bertz CT molecular complexity index is 1950. The topological polar surface area (TPSA) is 319 Å². The summed E-state index contributed by atoms with van der Waals surface area (Å²) in [7, 11) is 0. The Kier molecular flexibility index (Phi) is 17.7. The molecule has 1 fully saturated rings. The molecule has 61 heavy (non-hydrogen) atoms. The lowest BCUT2D eigenvalue weighted by atomic mass is 10.00. The standard InChI is InChI=1S/C41H55N9O11/c1-23(2)15-30(40(59)50-14-6-9-34(50)39(58)49-33(21-52)38(57)47-31(41(60)61)18-26-19-43-22-44-26)46-36(55)29(17-25-10-12-27(53)13-11-25)45-37(56)32(20-51)48-35(54)28(42)16-24-7-4-3-5-8-24/h3-5,7-8,10-13,19,22-23,28-34,51-53H,6,9,14-18,20-21,42H2,1-2H3,(H,43,44)(H,45,56)(H,46,55)(H,47,57)(H,48,54)(H,49,58)(H,60,61)/t28-,29-,30-,31-,32-,33-,34-/m0/s1. The summed E-state index contributed by atoms with van der Waals surface area (Å²) >= 11 is 0. The third-order valence-corrected chi connectivity index (χ3v) is 10.0. The highest BCUT2D eigenvalue weighted by atomic mass is 16.4. The number of aliphatic hydroxyl groups excluding tert-OH is 2. The van der Waals surface area contributed by atoms with Crippen LogP contribution in [0.4, 0.5) is 0 Å². The number of benzene rings is 2. The summed E-state index contributed by atoms with van der Waals surface area (Å²) in [6.45, 7) is 2.03. The van der Waals surface area contributed by atoms with E-state index in [4.69, 9.17) is 5.73 Å². The van der Waals surface area contributed by atoms with Crippen molar-refractivity contribution < 1.29 is 54.0 Å². The van der Waals surface area contributed by atoms with Crippen molar-refractivity contribution in [2.45, 2.75) is 94.7 Å². The number of aromatic hydroxyl groups is 1. The van der Waals surface area contributed by atoms with Crippen LogP contribution in [0.3, 0.4) is 0 Å². The Hall–Kier alpha value is -6.38. The molecule has 2 heterocycles. The first-order chi connectivity index (χ1) is 29.1. The summed E-state index contributed by atoms with van der Waals surface area (Å²) in [5, 5.41) is 52.1. The molecule has 0 bridgehead atoms. The number of hydrogen-bond donors (Lipinski definition) is 11. The lowest BCUT2D eigenvalue weighted by molar-refractivity contribution is -0.144. The van der Waals surface area contributed by atoms with Gasteiger partial charge in [0.05, 0.1) is 25.6 Å². The molecule has 7 atom stereocenters. The minimum absolute atomic E-state index is 0.0452. The van der Waals surface area contributed by atoms with E-state index in [0.717, 1.165) is 5.56 Å². The highest BCUT2D eigenvalue weighted by molar-refractivity contribution is 5.97. The number of phenolic OH excluding ortho intramolecular Hbond substituents is 1. The SMILES string of the molecule is CC(C)C[C@H](NC(=O)[C@H](Cc1ccc(O)cc1)NC(=O)[C@H](CO)NC(=O)[C@@H](N)Cc1ccccc1)C(=O)N1CCC[C@H]1C(=O)N[C@@H](CO)C(=O)N[C@@H](Cc1cnc[nH]1)C(=O)O. The van der Waals surface area contributed by atoms with Gasteiger partial charge in [0.2, 0.25) is 35.4 Å². The minimum atomic E-state index is -1.56. The first kappa shape index (κ1) is 47.3. The van der Waals surface area contributed by atoms with E-state index in [9.17, 15) is 54.0 Å². The highest BCUT2D eigenvalue weighted by Gasteiger charge is 2.40. The Morgan fingerprint density at radius 3 is 1.92 bits per heavy atom. The van der Waals surface area contributed by atoms with Crippen LogP contribution in [0.5, 0.6) is 5.75 Å². The van der Waals surface area contributed by atoms with E-state index in [-0.39, 0.29) is 50.3 Å². The van der Waals surface area contributed by atoms with E-state index in [1.807, 2.05) is 19.9 Å². The van der Waals surface area contributed by atoms with Crippen molar-refractivity contribution in [2.24, 2.45) is 11.7 Å². The summed E-state index contributed by atoms with van der Waals surface area (Å²) in [6.07, 6.45) is 3.28. The molecular weight excluding hydrogens is 795 g/mol. The lowest BCUT2D eigenvalue weighted by Gasteiger charge is -2.31. The molecule has 330 valence electrons. The number of imidazole rings is 1. The number of nitrogens with zero attached hydrogens (tertiary/aromatic N) is 2. The van der Waals surface area contributed by atoms with Gasteiger partial charge in [-0.05, 0) is 54.9 Å². The summed E-state index contributed by atoms with van der Waals surface area (Å²) in [5.74, 6) is -6.38. The van der Waals surface area contributed by atoms with E-state index in [1.165, 1.54) is 41.7 Å². The number of aliphatic carboxylic acids is 1. The van der Waals surface area contributed by atoms with Gasteiger partial charge >= 0.3 is 5.97 Å². The van der Waals surface area contributed by atoms with Gasteiger partial charge in [-0.25, -0.2) is 9.78 Å². The normalized spacial score (nSPS) is 16.6. The molecular formula is C41H55N9O11. The van der Waals surface area contributed by atoms with Crippen LogP contribution in [-0.2, 0) is 52.8 Å². The first-order valence-corrected chi connectivity index (χ1v) is 19.9. The van der Waals surface area contributed by atoms with Crippen LogP contribution < -0.4 is 32.3 Å². The fourth-order valence-corrected chi connectivity index (χ4v) is 6.80. The Balaban J connectivity index is 1.47. The van der Waals surface area contributed by atoms with Gasteiger partial charge in [0.15, 0.2) is 0 Å². The van der Waals surface area contributed by atoms with Gasteiger partial charge in [-0.1, -0.05) is 56.3 Å². The van der Waals surface area contributed by atoms with Gasteiger partial charge in [0, 0.05) is 31.3 Å². The van der Waals surface area contributed by atoms with Crippen LogP contribution in [0.25, 0.3) is 0 Å². The van der Waals surface area contributed by atoms with Gasteiger partial charge in [-0.15, -0.1) is 0 Å². The predicted octanol–water partition coefficient (Wildman–Crippen LogP) is -2.00. The monoisotopic (exact) mass is 849 g/mol. The van der Waals surface area contributed by atoms with Crippen molar-refractivity contribution in [3.63, 3.8) is 0 Å². The van der Waals surface area contributed by atoms with Gasteiger partial charge in [0.1, 0.15) is 42.0 Å².